The van der Waals surface area contributed by atoms with Crippen molar-refractivity contribution in [2.45, 2.75) is 25.3 Å². The normalized spacial score (nSPS) is 27.1. The molecule has 5 heteroatoms. The number of carbonyl (C=O) groups excluding carboxylic acids is 1. The maximum atomic E-state index is 12.4. The van der Waals surface area contributed by atoms with Crippen LogP contribution in [0.2, 0.25) is 0 Å². The average Bonchev–Trinajstić information content (AvgIpc) is 3.04. The van der Waals surface area contributed by atoms with Gasteiger partial charge in [-0.1, -0.05) is 18.2 Å². The summed E-state index contributed by atoms with van der Waals surface area (Å²) in [6.07, 6.45) is 3.44. The summed E-state index contributed by atoms with van der Waals surface area (Å²) < 4.78 is 0. The van der Waals surface area contributed by atoms with E-state index in [0.717, 1.165) is 24.8 Å². The number of hydrogen-bond acceptors (Lipinski definition) is 4. The Hall–Kier alpha value is -1.04. The van der Waals surface area contributed by atoms with Crippen molar-refractivity contribution in [3.8, 4) is 0 Å². The molecule has 3 fully saturated rings. The summed E-state index contributed by atoms with van der Waals surface area (Å²) in [7, 11) is 0. The number of amides is 1. The van der Waals surface area contributed by atoms with Gasteiger partial charge in [0.25, 0.3) is 0 Å². The van der Waals surface area contributed by atoms with Gasteiger partial charge >= 0.3 is 0 Å². The standard InChI is InChI=1S/C20H29N3OS/c24-20-14-17(16-23(20)19-4-2-1-3-5-19)15-21-8-10-22(11-9-21)18-6-12-25-13-7-18/h1-5,17-18H,6-16H2/t17-/m0/s1. The molecule has 0 bridgehead atoms. The highest BCUT2D eigenvalue weighted by atomic mass is 32.2. The van der Waals surface area contributed by atoms with Crippen molar-refractivity contribution in [2.24, 2.45) is 5.92 Å². The van der Waals surface area contributed by atoms with Gasteiger partial charge in [-0.3, -0.25) is 9.69 Å². The number of anilines is 1. The summed E-state index contributed by atoms with van der Waals surface area (Å²) in [5.74, 6) is 3.44. The summed E-state index contributed by atoms with van der Waals surface area (Å²) >= 11 is 2.11. The lowest BCUT2D eigenvalue weighted by atomic mass is 10.1. The lowest BCUT2D eigenvalue weighted by Crippen LogP contribution is -2.52. The Bertz CT molecular complexity index is 568. The molecule has 136 valence electrons. The molecule has 3 aliphatic rings. The van der Waals surface area contributed by atoms with E-state index in [9.17, 15) is 4.79 Å². The van der Waals surface area contributed by atoms with E-state index < -0.39 is 0 Å². The molecule has 25 heavy (non-hydrogen) atoms. The maximum Gasteiger partial charge on any atom is 0.227 e. The van der Waals surface area contributed by atoms with Crippen LogP contribution in [0.4, 0.5) is 5.69 Å². The predicted octanol–water partition coefficient (Wildman–Crippen LogP) is 2.55. The van der Waals surface area contributed by atoms with Crippen LogP contribution in [0.1, 0.15) is 19.3 Å². The van der Waals surface area contributed by atoms with Crippen molar-refractivity contribution >= 4 is 23.4 Å². The minimum atomic E-state index is 0.287. The van der Waals surface area contributed by atoms with E-state index in [0.29, 0.717) is 12.3 Å². The van der Waals surface area contributed by atoms with Crippen molar-refractivity contribution < 1.29 is 4.79 Å². The topological polar surface area (TPSA) is 26.8 Å². The Morgan fingerprint density at radius 1 is 1.00 bits per heavy atom. The molecule has 0 saturated carbocycles. The molecular formula is C20H29N3OS. The Morgan fingerprint density at radius 2 is 1.72 bits per heavy atom. The lowest BCUT2D eigenvalue weighted by Gasteiger charge is -2.41. The third kappa shape index (κ3) is 4.21. The molecular weight excluding hydrogens is 330 g/mol. The van der Waals surface area contributed by atoms with Crippen LogP contribution in [0, 0.1) is 5.92 Å². The molecule has 1 aromatic rings. The van der Waals surface area contributed by atoms with Crippen LogP contribution in [0.15, 0.2) is 30.3 Å². The van der Waals surface area contributed by atoms with Gasteiger partial charge < -0.3 is 9.80 Å². The van der Waals surface area contributed by atoms with Crippen LogP contribution < -0.4 is 4.90 Å². The summed E-state index contributed by atoms with van der Waals surface area (Å²) in [6.45, 7) is 6.70. The van der Waals surface area contributed by atoms with Crippen LogP contribution >= 0.6 is 11.8 Å². The van der Waals surface area contributed by atoms with Crippen molar-refractivity contribution in [1.82, 2.24) is 9.80 Å². The van der Waals surface area contributed by atoms with E-state index in [1.807, 2.05) is 35.2 Å². The van der Waals surface area contributed by atoms with Gasteiger partial charge in [0.05, 0.1) is 0 Å². The van der Waals surface area contributed by atoms with E-state index in [-0.39, 0.29) is 5.91 Å². The van der Waals surface area contributed by atoms with E-state index in [1.54, 1.807) is 0 Å². The second kappa shape index (κ2) is 8.11. The minimum absolute atomic E-state index is 0.287. The van der Waals surface area contributed by atoms with Crippen LogP contribution in [0.3, 0.4) is 0 Å². The molecule has 1 atom stereocenters. The van der Waals surface area contributed by atoms with Gasteiger partial charge in [-0.05, 0) is 42.4 Å². The van der Waals surface area contributed by atoms with Crippen molar-refractivity contribution in [1.29, 1.82) is 0 Å². The Morgan fingerprint density at radius 3 is 2.44 bits per heavy atom. The molecule has 1 aromatic carbocycles. The number of piperazine rings is 1. The van der Waals surface area contributed by atoms with Gasteiger partial charge in [-0.25, -0.2) is 0 Å². The zero-order valence-corrected chi connectivity index (χ0v) is 15.8. The van der Waals surface area contributed by atoms with E-state index in [2.05, 4.69) is 21.6 Å². The zero-order chi connectivity index (χ0) is 17.1. The van der Waals surface area contributed by atoms with E-state index in [1.165, 1.54) is 50.5 Å². The fourth-order valence-electron chi connectivity index (χ4n) is 4.49. The highest BCUT2D eigenvalue weighted by molar-refractivity contribution is 7.99. The Kier molecular flexibility index (Phi) is 5.63. The van der Waals surface area contributed by atoms with E-state index in [4.69, 9.17) is 0 Å². The molecule has 3 heterocycles. The van der Waals surface area contributed by atoms with Crippen molar-refractivity contribution in [2.75, 3.05) is 55.7 Å². The number of nitrogens with zero attached hydrogens (tertiary/aromatic N) is 3. The number of para-hydroxylation sites is 1. The molecule has 4 rings (SSSR count). The molecule has 0 aliphatic carbocycles. The molecule has 0 N–H and O–H groups in total. The van der Waals surface area contributed by atoms with Gasteiger partial charge in [0.1, 0.15) is 0 Å². The SMILES string of the molecule is O=C1C[C@@H](CN2CCN(C3CCSCC3)CC2)CN1c1ccccc1. The zero-order valence-electron chi connectivity index (χ0n) is 15.0. The summed E-state index contributed by atoms with van der Waals surface area (Å²) in [4.78, 5) is 19.7. The molecule has 1 amide bonds. The van der Waals surface area contributed by atoms with Crippen LogP contribution in [0.5, 0.6) is 0 Å². The maximum absolute atomic E-state index is 12.4. The summed E-state index contributed by atoms with van der Waals surface area (Å²) in [5, 5.41) is 0. The monoisotopic (exact) mass is 359 g/mol. The predicted molar refractivity (Wildman–Crippen MR) is 105 cm³/mol. The first-order chi connectivity index (χ1) is 12.3. The minimum Gasteiger partial charge on any atom is -0.312 e. The first kappa shape index (κ1) is 17.4. The van der Waals surface area contributed by atoms with Gasteiger partial charge in [-0.15, -0.1) is 0 Å². The summed E-state index contributed by atoms with van der Waals surface area (Å²) in [5.41, 5.74) is 1.05. The van der Waals surface area contributed by atoms with Crippen LogP contribution in [-0.4, -0.2) is 72.5 Å². The lowest BCUT2D eigenvalue weighted by molar-refractivity contribution is -0.117. The van der Waals surface area contributed by atoms with Gasteiger partial charge in [0.2, 0.25) is 5.91 Å². The average molecular weight is 360 g/mol. The molecule has 0 radical (unpaired) electrons. The van der Waals surface area contributed by atoms with Crippen molar-refractivity contribution in [3.05, 3.63) is 30.3 Å². The number of rotatable bonds is 4. The molecule has 0 spiro atoms. The first-order valence-electron chi connectivity index (χ1n) is 9.69. The molecule has 0 unspecified atom stereocenters. The molecule has 0 aromatic heterocycles. The van der Waals surface area contributed by atoms with E-state index >= 15 is 0 Å². The molecule has 3 aliphatic heterocycles. The van der Waals surface area contributed by atoms with Gasteiger partial charge in [0.15, 0.2) is 0 Å². The van der Waals surface area contributed by atoms with Crippen LogP contribution in [-0.2, 0) is 4.79 Å². The smallest absolute Gasteiger partial charge is 0.227 e. The Labute approximate surface area is 155 Å². The Balaban J connectivity index is 1.26. The van der Waals surface area contributed by atoms with Gasteiger partial charge in [0, 0.05) is 57.4 Å². The first-order valence-corrected chi connectivity index (χ1v) is 10.8. The van der Waals surface area contributed by atoms with Crippen LogP contribution in [0.25, 0.3) is 0 Å². The number of thioether (sulfide) groups is 1. The molecule has 4 nitrogen and oxygen atoms in total. The third-order valence-electron chi connectivity index (χ3n) is 5.90. The number of hydrogen-bond donors (Lipinski definition) is 0. The molecule has 3 saturated heterocycles. The summed E-state index contributed by atoms with van der Waals surface area (Å²) in [6, 6.07) is 10.9. The second-order valence-electron chi connectivity index (χ2n) is 7.59. The quantitative estimate of drug-likeness (QED) is 0.826. The largest absolute Gasteiger partial charge is 0.312 e. The number of benzene rings is 1. The third-order valence-corrected chi connectivity index (χ3v) is 6.95. The highest BCUT2D eigenvalue weighted by Crippen LogP contribution is 2.26. The fourth-order valence-corrected chi connectivity index (χ4v) is 5.57. The second-order valence-corrected chi connectivity index (χ2v) is 8.81. The van der Waals surface area contributed by atoms with Gasteiger partial charge in [-0.2, -0.15) is 11.8 Å². The fraction of sp³-hybridized carbons (Fsp3) is 0.650. The number of carbonyl (C=O) groups is 1. The van der Waals surface area contributed by atoms with Crippen molar-refractivity contribution in [3.63, 3.8) is 0 Å². The highest BCUT2D eigenvalue weighted by Gasteiger charge is 2.33.